The Bertz CT molecular complexity index is 743. The summed E-state index contributed by atoms with van der Waals surface area (Å²) in [4.78, 5) is -0.738. The van der Waals surface area contributed by atoms with Crippen LogP contribution < -0.4 is 10.5 Å². The van der Waals surface area contributed by atoms with Gasteiger partial charge in [-0.15, -0.1) is 0 Å². The van der Waals surface area contributed by atoms with E-state index in [-0.39, 0.29) is 5.82 Å². The summed E-state index contributed by atoms with van der Waals surface area (Å²) in [6.07, 6.45) is 0.632. The van der Waals surface area contributed by atoms with Gasteiger partial charge in [0.1, 0.15) is 16.4 Å². The normalized spacial score (nSPS) is 11.6. The molecule has 0 aliphatic carbocycles. The molecule has 9 heteroatoms. The molecule has 0 amide bonds. The molecule has 108 valence electrons. The van der Waals surface area contributed by atoms with Crippen LogP contribution in [0.5, 0.6) is 0 Å². The number of benzene rings is 1. The van der Waals surface area contributed by atoms with Crippen molar-refractivity contribution >= 4 is 21.5 Å². The van der Waals surface area contributed by atoms with E-state index in [0.29, 0.717) is 12.1 Å². The zero-order chi connectivity index (χ0) is 14.9. The summed E-state index contributed by atoms with van der Waals surface area (Å²) in [5.41, 5.74) is 5.00. The highest BCUT2D eigenvalue weighted by atomic mass is 32.2. The van der Waals surface area contributed by atoms with Gasteiger partial charge in [-0.3, -0.25) is 9.82 Å². The van der Waals surface area contributed by atoms with Crippen molar-refractivity contribution in [3.05, 3.63) is 35.5 Å². The van der Waals surface area contributed by atoms with Crippen molar-refractivity contribution in [1.82, 2.24) is 10.2 Å². The van der Waals surface area contributed by atoms with Gasteiger partial charge in [0, 0.05) is 11.8 Å². The zero-order valence-corrected chi connectivity index (χ0v) is 11.3. The Morgan fingerprint density at radius 1 is 1.40 bits per heavy atom. The average Bonchev–Trinajstić information content (AvgIpc) is 2.82. The molecule has 0 fully saturated rings. The Kier molecular flexibility index (Phi) is 3.62. The summed E-state index contributed by atoms with van der Waals surface area (Å²) >= 11 is 0. The molecule has 0 spiro atoms. The maximum Gasteiger partial charge on any atom is 0.266 e. The Hall–Kier alpha value is -2.16. The number of hydrogen-bond acceptors (Lipinski definition) is 4. The second-order valence-corrected chi connectivity index (χ2v) is 5.66. The maximum absolute atomic E-state index is 13.7. The molecule has 0 radical (unpaired) electrons. The van der Waals surface area contributed by atoms with Crippen LogP contribution in [-0.4, -0.2) is 18.6 Å². The molecule has 0 atom stereocenters. The predicted octanol–water partition coefficient (Wildman–Crippen LogP) is 1.63. The van der Waals surface area contributed by atoms with Gasteiger partial charge in [-0.25, -0.2) is 17.2 Å². The summed E-state index contributed by atoms with van der Waals surface area (Å²) in [5, 5.41) is 6.33. The van der Waals surface area contributed by atoms with Crippen molar-refractivity contribution in [3.8, 4) is 0 Å². The lowest BCUT2D eigenvalue weighted by Gasteiger charge is -2.08. The Balaban J connectivity index is 2.38. The van der Waals surface area contributed by atoms with Gasteiger partial charge < -0.3 is 5.73 Å². The summed E-state index contributed by atoms with van der Waals surface area (Å²) in [7, 11) is -4.23. The van der Waals surface area contributed by atoms with Gasteiger partial charge in [0.05, 0.1) is 0 Å². The topological polar surface area (TPSA) is 101 Å². The molecule has 2 rings (SSSR count). The largest absolute Gasteiger partial charge is 0.394 e. The number of nitrogens with one attached hydrogen (secondary N) is 2. The van der Waals surface area contributed by atoms with Gasteiger partial charge in [0.25, 0.3) is 10.0 Å². The number of nitrogen functional groups attached to an aromatic ring is 1. The second kappa shape index (κ2) is 5.08. The van der Waals surface area contributed by atoms with Gasteiger partial charge in [-0.05, 0) is 18.6 Å². The number of aromatic amines is 1. The van der Waals surface area contributed by atoms with Gasteiger partial charge in [0.2, 0.25) is 0 Å². The molecule has 0 bridgehead atoms. The lowest BCUT2D eigenvalue weighted by Crippen LogP contribution is -2.16. The number of rotatable bonds is 4. The number of halogens is 2. The Morgan fingerprint density at radius 2 is 2.10 bits per heavy atom. The molecule has 1 aromatic carbocycles. The highest BCUT2D eigenvalue weighted by Gasteiger charge is 2.23. The van der Waals surface area contributed by atoms with Crippen LogP contribution in [-0.2, 0) is 16.4 Å². The first-order chi connectivity index (χ1) is 9.35. The number of aromatic nitrogens is 2. The standard InChI is InChI=1S/C11H12F2N4O2S/c1-2-6-5-9(16-15-6)17-20(18,19)8-4-3-7(12)11(14)10(8)13/h3-5H,2,14H2,1H3,(H2,15,16,17). The van der Waals surface area contributed by atoms with Crippen LogP contribution >= 0.6 is 0 Å². The van der Waals surface area contributed by atoms with E-state index < -0.39 is 32.2 Å². The van der Waals surface area contributed by atoms with E-state index in [9.17, 15) is 17.2 Å². The minimum Gasteiger partial charge on any atom is -0.394 e. The van der Waals surface area contributed by atoms with E-state index >= 15 is 0 Å². The highest BCUT2D eigenvalue weighted by Crippen LogP contribution is 2.24. The maximum atomic E-state index is 13.7. The molecule has 1 heterocycles. The molecule has 0 saturated heterocycles. The van der Waals surface area contributed by atoms with Crippen LogP contribution in [0.3, 0.4) is 0 Å². The van der Waals surface area contributed by atoms with Gasteiger partial charge >= 0.3 is 0 Å². The van der Waals surface area contributed by atoms with Crippen LogP contribution in [0, 0.1) is 11.6 Å². The summed E-state index contributed by atoms with van der Waals surface area (Å²) in [6.45, 7) is 1.85. The number of H-pyrrole nitrogens is 1. The van der Waals surface area contributed by atoms with Gasteiger partial charge in [-0.1, -0.05) is 6.92 Å². The Morgan fingerprint density at radius 3 is 2.70 bits per heavy atom. The second-order valence-electron chi connectivity index (χ2n) is 4.01. The number of sulfonamides is 1. The van der Waals surface area contributed by atoms with Crippen LogP contribution in [0.2, 0.25) is 0 Å². The summed E-state index contributed by atoms with van der Waals surface area (Å²) in [5.74, 6) is -2.33. The fourth-order valence-electron chi connectivity index (χ4n) is 1.54. The molecule has 0 aliphatic heterocycles. The quantitative estimate of drug-likeness (QED) is 0.747. The van der Waals surface area contributed by atoms with Crippen molar-refractivity contribution < 1.29 is 17.2 Å². The lowest BCUT2D eigenvalue weighted by atomic mass is 10.3. The fraction of sp³-hybridized carbons (Fsp3) is 0.182. The molecule has 20 heavy (non-hydrogen) atoms. The third kappa shape index (κ3) is 2.57. The van der Waals surface area contributed by atoms with Crippen LogP contribution in [0.25, 0.3) is 0 Å². The van der Waals surface area contributed by atoms with E-state index in [4.69, 9.17) is 5.73 Å². The molecular formula is C11H12F2N4O2S. The molecule has 2 aromatic rings. The third-order valence-electron chi connectivity index (χ3n) is 2.63. The SMILES string of the molecule is CCc1cc(NS(=O)(=O)c2ccc(F)c(N)c2F)n[nH]1. The number of nitrogens with zero attached hydrogens (tertiary/aromatic N) is 1. The van der Waals surface area contributed by atoms with Crippen LogP contribution in [0.1, 0.15) is 12.6 Å². The highest BCUT2D eigenvalue weighted by molar-refractivity contribution is 7.92. The van der Waals surface area contributed by atoms with E-state index in [1.807, 2.05) is 6.92 Å². The predicted molar refractivity (Wildman–Crippen MR) is 69.5 cm³/mol. The number of nitrogens with two attached hydrogens (primary N) is 1. The van der Waals surface area contributed by atoms with Crippen molar-refractivity contribution in [3.63, 3.8) is 0 Å². The first-order valence-electron chi connectivity index (χ1n) is 5.65. The van der Waals surface area contributed by atoms with E-state index in [2.05, 4.69) is 14.9 Å². The minimum absolute atomic E-state index is 0.0177. The number of hydrogen-bond donors (Lipinski definition) is 3. The van der Waals surface area contributed by atoms with Crippen molar-refractivity contribution in [2.45, 2.75) is 18.2 Å². The smallest absolute Gasteiger partial charge is 0.266 e. The van der Waals surface area contributed by atoms with E-state index in [1.54, 1.807) is 0 Å². The minimum atomic E-state index is -4.23. The lowest BCUT2D eigenvalue weighted by molar-refractivity contribution is 0.557. The van der Waals surface area contributed by atoms with Gasteiger partial charge in [0.15, 0.2) is 11.6 Å². The average molecular weight is 302 g/mol. The number of anilines is 2. The van der Waals surface area contributed by atoms with Crippen LogP contribution in [0.4, 0.5) is 20.3 Å². The number of aryl methyl sites for hydroxylation is 1. The molecule has 4 N–H and O–H groups in total. The molecule has 0 unspecified atom stereocenters. The van der Waals surface area contributed by atoms with Crippen molar-refractivity contribution in [2.24, 2.45) is 0 Å². The van der Waals surface area contributed by atoms with E-state index in [1.165, 1.54) is 6.07 Å². The van der Waals surface area contributed by atoms with Crippen molar-refractivity contribution in [1.29, 1.82) is 0 Å². The summed E-state index contributed by atoms with van der Waals surface area (Å²) < 4.78 is 52.8. The zero-order valence-electron chi connectivity index (χ0n) is 10.4. The third-order valence-corrected chi connectivity index (χ3v) is 4.00. The monoisotopic (exact) mass is 302 g/mol. The molecule has 1 aromatic heterocycles. The van der Waals surface area contributed by atoms with Crippen molar-refractivity contribution in [2.75, 3.05) is 10.5 Å². The molecule has 0 aliphatic rings. The molecule has 6 nitrogen and oxygen atoms in total. The van der Waals surface area contributed by atoms with E-state index in [0.717, 1.165) is 12.1 Å². The molecular weight excluding hydrogens is 290 g/mol. The van der Waals surface area contributed by atoms with Gasteiger partial charge in [-0.2, -0.15) is 5.10 Å². The summed E-state index contributed by atoms with van der Waals surface area (Å²) in [6, 6.07) is 3.06. The first-order valence-corrected chi connectivity index (χ1v) is 7.14. The first kappa shape index (κ1) is 14.3. The fourth-order valence-corrected chi connectivity index (χ4v) is 2.63. The van der Waals surface area contributed by atoms with Crippen LogP contribution in [0.15, 0.2) is 23.1 Å². The molecule has 0 saturated carbocycles. The Labute approximate surface area is 114 Å².